The summed E-state index contributed by atoms with van der Waals surface area (Å²) in [6, 6.07) is 0. The van der Waals surface area contributed by atoms with Crippen LogP contribution in [0.25, 0.3) is 0 Å². The number of rotatable bonds is 4. The zero-order valence-corrected chi connectivity index (χ0v) is 10.5. The van der Waals surface area contributed by atoms with Crippen molar-refractivity contribution in [2.24, 2.45) is 5.92 Å². The van der Waals surface area contributed by atoms with Gasteiger partial charge in [-0.3, -0.25) is 4.68 Å². The Labute approximate surface area is 93.3 Å². The summed E-state index contributed by atoms with van der Waals surface area (Å²) in [5.74, 6) is 0.483. The molecule has 1 rings (SSSR count). The van der Waals surface area contributed by atoms with Crippen molar-refractivity contribution in [2.45, 2.75) is 39.8 Å². The number of aromatic nitrogens is 2. The fraction of sp³-hybridized carbons (Fsp3) is 0.700. The Morgan fingerprint density at radius 1 is 1.57 bits per heavy atom. The summed E-state index contributed by atoms with van der Waals surface area (Å²) in [5, 5.41) is 14.2. The van der Waals surface area contributed by atoms with Crippen molar-refractivity contribution >= 4 is 15.9 Å². The molecule has 1 heterocycles. The maximum atomic E-state index is 9.98. The SMILES string of the molecule is CCn1ncc(Br)c1C(O)CC(C)C. The maximum Gasteiger partial charge on any atom is 0.0970 e. The predicted molar refractivity (Wildman–Crippen MR) is 60.0 cm³/mol. The van der Waals surface area contributed by atoms with Gasteiger partial charge in [0.05, 0.1) is 22.5 Å². The van der Waals surface area contributed by atoms with Crippen LogP contribution >= 0.6 is 15.9 Å². The Morgan fingerprint density at radius 3 is 2.71 bits per heavy atom. The molecule has 1 unspecified atom stereocenters. The second-order valence-electron chi connectivity index (χ2n) is 3.84. The molecule has 1 aromatic heterocycles. The average molecular weight is 261 g/mol. The molecular formula is C10H17BrN2O. The zero-order valence-electron chi connectivity index (χ0n) is 8.87. The number of halogens is 1. The molecule has 1 atom stereocenters. The first-order valence-electron chi connectivity index (χ1n) is 4.95. The zero-order chi connectivity index (χ0) is 10.7. The molecule has 0 saturated heterocycles. The minimum absolute atomic E-state index is 0.424. The van der Waals surface area contributed by atoms with Gasteiger partial charge in [-0.25, -0.2) is 0 Å². The number of aryl methyl sites for hydroxylation is 1. The molecule has 80 valence electrons. The van der Waals surface area contributed by atoms with Crippen LogP contribution in [0, 0.1) is 5.92 Å². The lowest BCUT2D eigenvalue weighted by molar-refractivity contribution is 0.140. The van der Waals surface area contributed by atoms with Crippen LogP contribution in [0.4, 0.5) is 0 Å². The third-order valence-corrected chi connectivity index (χ3v) is 2.75. The first-order chi connectivity index (χ1) is 6.56. The summed E-state index contributed by atoms with van der Waals surface area (Å²) in [6.45, 7) is 7.01. The molecule has 0 radical (unpaired) electrons. The minimum atomic E-state index is -0.424. The Kier molecular flexibility index (Phi) is 4.13. The van der Waals surface area contributed by atoms with E-state index >= 15 is 0 Å². The van der Waals surface area contributed by atoms with Crippen LogP contribution < -0.4 is 0 Å². The molecule has 0 aromatic carbocycles. The lowest BCUT2D eigenvalue weighted by Gasteiger charge is -2.15. The molecule has 0 aliphatic heterocycles. The van der Waals surface area contributed by atoms with Crippen molar-refractivity contribution in [3.05, 3.63) is 16.4 Å². The second kappa shape index (κ2) is 4.94. The molecule has 0 bridgehead atoms. The summed E-state index contributed by atoms with van der Waals surface area (Å²) in [5.41, 5.74) is 0.890. The van der Waals surface area contributed by atoms with Crippen LogP contribution in [0.5, 0.6) is 0 Å². The molecule has 4 heteroatoms. The molecule has 0 amide bonds. The first kappa shape index (κ1) is 11.7. The Hall–Kier alpha value is -0.350. The van der Waals surface area contributed by atoms with E-state index in [2.05, 4.69) is 34.9 Å². The third kappa shape index (κ3) is 2.58. The van der Waals surface area contributed by atoms with Gasteiger partial charge in [0.2, 0.25) is 0 Å². The number of aliphatic hydroxyl groups is 1. The molecule has 1 N–H and O–H groups in total. The smallest absolute Gasteiger partial charge is 0.0970 e. The van der Waals surface area contributed by atoms with E-state index in [0.29, 0.717) is 5.92 Å². The lowest BCUT2D eigenvalue weighted by Crippen LogP contribution is -2.10. The van der Waals surface area contributed by atoms with E-state index in [0.717, 1.165) is 23.1 Å². The van der Waals surface area contributed by atoms with E-state index in [1.807, 2.05) is 11.6 Å². The Morgan fingerprint density at radius 2 is 2.21 bits per heavy atom. The fourth-order valence-corrected chi connectivity index (χ4v) is 2.07. The van der Waals surface area contributed by atoms with E-state index in [4.69, 9.17) is 0 Å². The monoisotopic (exact) mass is 260 g/mol. The van der Waals surface area contributed by atoms with Gasteiger partial charge in [-0.15, -0.1) is 0 Å². The van der Waals surface area contributed by atoms with Crippen molar-refractivity contribution in [1.29, 1.82) is 0 Å². The highest BCUT2D eigenvalue weighted by Gasteiger charge is 2.17. The molecule has 0 fully saturated rings. The highest BCUT2D eigenvalue weighted by molar-refractivity contribution is 9.10. The Bertz CT molecular complexity index is 296. The van der Waals surface area contributed by atoms with E-state index in [-0.39, 0.29) is 0 Å². The minimum Gasteiger partial charge on any atom is -0.387 e. The molecule has 0 spiro atoms. The van der Waals surface area contributed by atoms with Crippen LogP contribution in [-0.4, -0.2) is 14.9 Å². The van der Waals surface area contributed by atoms with Crippen LogP contribution in [0.1, 0.15) is 39.0 Å². The van der Waals surface area contributed by atoms with Gasteiger partial charge < -0.3 is 5.11 Å². The lowest BCUT2D eigenvalue weighted by atomic mass is 10.0. The van der Waals surface area contributed by atoms with Gasteiger partial charge in [0.15, 0.2) is 0 Å². The highest BCUT2D eigenvalue weighted by Crippen LogP contribution is 2.27. The first-order valence-corrected chi connectivity index (χ1v) is 5.74. The van der Waals surface area contributed by atoms with Gasteiger partial charge in [-0.05, 0) is 35.2 Å². The summed E-state index contributed by atoms with van der Waals surface area (Å²) in [7, 11) is 0. The van der Waals surface area contributed by atoms with Crippen molar-refractivity contribution in [3.8, 4) is 0 Å². The number of aliphatic hydroxyl groups excluding tert-OH is 1. The standard InChI is InChI=1S/C10H17BrN2O/c1-4-13-10(8(11)6-12-13)9(14)5-7(2)3/h6-7,9,14H,4-5H2,1-3H3. The molecule has 0 aliphatic rings. The topological polar surface area (TPSA) is 38.0 Å². The van der Waals surface area contributed by atoms with E-state index in [1.54, 1.807) is 6.20 Å². The van der Waals surface area contributed by atoms with Gasteiger partial charge in [0.1, 0.15) is 0 Å². The van der Waals surface area contributed by atoms with Gasteiger partial charge in [0, 0.05) is 6.54 Å². The summed E-state index contributed by atoms with van der Waals surface area (Å²) in [4.78, 5) is 0. The Balaban J connectivity index is 2.86. The molecule has 14 heavy (non-hydrogen) atoms. The molecule has 1 aromatic rings. The van der Waals surface area contributed by atoms with Crippen molar-refractivity contribution < 1.29 is 5.11 Å². The summed E-state index contributed by atoms with van der Waals surface area (Å²) >= 11 is 3.41. The maximum absolute atomic E-state index is 9.98. The summed E-state index contributed by atoms with van der Waals surface area (Å²) < 4.78 is 2.73. The van der Waals surface area contributed by atoms with E-state index in [9.17, 15) is 5.11 Å². The largest absolute Gasteiger partial charge is 0.387 e. The van der Waals surface area contributed by atoms with Crippen molar-refractivity contribution in [2.75, 3.05) is 0 Å². The predicted octanol–water partition coefficient (Wildman–Crippen LogP) is 2.75. The molecule has 3 nitrogen and oxygen atoms in total. The molecular weight excluding hydrogens is 244 g/mol. The average Bonchev–Trinajstić information content (AvgIpc) is 2.45. The number of nitrogens with zero attached hydrogens (tertiary/aromatic N) is 2. The molecule has 0 aliphatic carbocycles. The normalized spacial score (nSPS) is 13.6. The van der Waals surface area contributed by atoms with Gasteiger partial charge >= 0.3 is 0 Å². The van der Waals surface area contributed by atoms with Gasteiger partial charge in [-0.2, -0.15) is 5.10 Å². The van der Waals surface area contributed by atoms with Crippen LogP contribution in [-0.2, 0) is 6.54 Å². The fourth-order valence-electron chi connectivity index (χ4n) is 1.51. The second-order valence-corrected chi connectivity index (χ2v) is 4.69. The highest BCUT2D eigenvalue weighted by atomic mass is 79.9. The molecule has 0 saturated carbocycles. The number of hydrogen-bond donors (Lipinski definition) is 1. The van der Waals surface area contributed by atoms with E-state index < -0.39 is 6.10 Å². The van der Waals surface area contributed by atoms with Gasteiger partial charge in [-0.1, -0.05) is 13.8 Å². The van der Waals surface area contributed by atoms with Crippen molar-refractivity contribution in [3.63, 3.8) is 0 Å². The van der Waals surface area contributed by atoms with Gasteiger partial charge in [0.25, 0.3) is 0 Å². The van der Waals surface area contributed by atoms with Crippen LogP contribution in [0.2, 0.25) is 0 Å². The third-order valence-electron chi connectivity index (χ3n) is 2.14. The van der Waals surface area contributed by atoms with E-state index in [1.165, 1.54) is 0 Å². The quantitative estimate of drug-likeness (QED) is 0.904. The summed E-state index contributed by atoms with van der Waals surface area (Å²) in [6.07, 6.45) is 2.08. The van der Waals surface area contributed by atoms with Crippen molar-refractivity contribution in [1.82, 2.24) is 9.78 Å². The number of hydrogen-bond acceptors (Lipinski definition) is 2. The van der Waals surface area contributed by atoms with Crippen LogP contribution in [0.3, 0.4) is 0 Å². The van der Waals surface area contributed by atoms with Crippen LogP contribution in [0.15, 0.2) is 10.7 Å².